The number of hydrogen-bond donors (Lipinski definition) is 0. The van der Waals surface area contributed by atoms with Crippen molar-refractivity contribution in [1.82, 2.24) is 29.9 Å². The Bertz CT molecular complexity index is 1440. The van der Waals surface area contributed by atoms with Crippen LogP contribution in [-0.4, -0.2) is 75.9 Å². The standard InChI is InChI=1S/C25H23N7O4/c1-34-19-6-4-18(5-7-19)32-25-23(28-29-32)24(26-15-27-25)31-12-10-30(11-13-31)22(33)9-3-17-2-8-20-21(14-17)36-16-35-20/h2-9,14-15H,10-13,16H2,1H3. The summed E-state index contributed by atoms with van der Waals surface area (Å²) in [7, 11) is 1.63. The van der Waals surface area contributed by atoms with Gasteiger partial charge in [0.1, 0.15) is 12.1 Å². The van der Waals surface area contributed by atoms with E-state index in [4.69, 9.17) is 14.2 Å². The van der Waals surface area contributed by atoms with Crippen LogP contribution in [0.3, 0.4) is 0 Å². The van der Waals surface area contributed by atoms with E-state index >= 15 is 0 Å². The second-order valence-corrected chi connectivity index (χ2v) is 8.33. The quantitative estimate of drug-likeness (QED) is 0.394. The lowest BCUT2D eigenvalue weighted by Gasteiger charge is -2.34. The molecular formula is C25H23N7O4. The highest BCUT2D eigenvalue weighted by atomic mass is 16.7. The molecule has 11 heteroatoms. The maximum Gasteiger partial charge on any atom is 0.246 e. The van der Waals surface area contributed by atoms with E-state index in [-0.39, 0.29) is 12.7 Å². The zero-order chi connectivity index (χ0) is 24.5. The molecule has 1 fully saturated rings. The van der Waals surface area contributed by atoms with E-state index in [0.29, 0.717) is 48.9 Å². The van der Waals surface area contributed by atoms with E-state index in [1.807, 2.05) is 47.4 Å². The molecule has 0 aliphatic carbocycles. The molecule has 0 atom stereocenters. The molecule has 182 valence electrons. The zero-order valence-corrected chi connectivity index (χ0v) is 19.6. The molecule has 0 N–H and O–H groups in total. The van der Waals surface area contributed by atoms with Crippen molar-refractivity contribution in [1.29, 1.82) is 0 Å². The summed E-state index contributed by atoms with van der Waals surface area (Å²) in [6.07, 6.45) is 4.91. The predicted molar refractivity (Wildman–Crippen MR) is 131 cm³/mol. The number of nitrogens with zero attached hydrogens (tertiary/aromatic N) is 7. The Morgan fingerprint density at radius 1 is 1.00 bits per heavy atom. The number of carbonyl (C=O) groups is 1. The van der Waals surface area contributed by atoms with E-state index in [2.05, 4.69) is 25.2 Å². The minimum Gasteiger partial charge on any atom is -0.497 e. The monoisotopic (exact) mass is 485 g/mol. The number of fused-ring (bicyclic) bond motifs is 2. The van der Waals surface area contributed by atoms with Crippen LogP contribution in [0.1, 0.15) is 5.56 Å². The Morgan fingerprint density at radius 2 is 1.81 bits per heavy atom. The number of anilines is 1. The van der Waals surface area contributed by atoms with Gasteiger partial charge in [-0.1, -0.05) is 11.3 Å². The molecule has 0 bridgehead atoms. The fourth-order valence-electron chi connectivity index (χ4n) is 4.29. The average molecular weight is 486 g/mol. The third kappa shape index (κ3) is 4.04. The fraction of sp³-hybridized carbons (Fsp3) is 0.240. The van der Waals surface area contributed by atoms with Gasteiger partial charge in [-0.15, -0.1) is 5.10 Å². The van der Waals surface area contributed by atoms with E-state index in [9.17, 15) is 4.79 Å². The van der Waals surface area contributed by atoms with E-state index < -0.39 is 0 Å². The summed E-state index contributed by atoms with van der Waals surface area (Å²) >= 11 is 0. The second kappa shape index (κ2) is 9.17. The molecule has 2 aliphatic heterocycles. The highest BCUT2D eigenvalue weighted by Gasteiger charge is 2.24. The van der Waals surface area contributed by atoms with Gasteiger partial charge in [-0.25, -0.2) is 9.97 Å². The summed E-state index contributed by atoms with van der Waals surface area (Å²) < 4.78 is 17.6. The van der Waals surface area contributed by atoms with Gasteiger partial charge in [0.15, 0.2) is 28.5 Å². The first-order valence-electron chi connectivity index (χ1n) is 11.5. The summed E-state index contributed by atoms with van der Waals surface area (Å²) in [6, 6.07) is 13.1. The highest BCUT2D eigenvalue weighted by Crippen LogP contribution is 2.33. The van der Waals surface area contributed by atoms with E-state index in [1.165, 1.54) is 6.33 Å². The van der Waals surface area contributed by atoms with Gasteiger partial charge < -0.3 is 24.0 Å². The molecule has 11 nitrogen and oxygen atoms in total. The van der Waals surface area contributed by atoms with Crippen LogP contribution in [-0.2, 0) is 4.79 Å². The lowest BCUT2D eigenvalue weighted by atomic mass is 10.2. The van der Waals surface area contributed by atoms with Crippen LogP contribution in [0.15, 0.2) is 54.9 Å². The van der Waals surface area contributed by atoms with Crippen LogP contribution in [0.25, 0.3) is 22.9 Å². The molecule has 0 unspecified atom stereocenters. The van der Waals surface area contributed by atoms with Gasteiger partial charge in [-0.2, -0.15) is 4.68 Å². The molecule has 1 saturated heterocycles. The van der Waals surface area contributed by atoms with Crippen molar-refractivity contribution in [2.24, 2.45) is 0 Å². The van der Waals surface area contributed by atoms with Gasteiger partial charge in [-0.3, -0.25) is 4.79 Å². The molecule has 2 aromatic carbocycles. The van der Waals surface area contributed by atoms with Crippen LogP contribution in [0, 0.1) is 0 Å². The van der Waals surface area contributed by atoms with E-state index in [0.717, 1.165) is 22.7 Å². The summed E-state index contributed by atoms with van der Waals surface area (Å²) in [6.45, 7) is 2.63. The lowest BCUT2D eigenvalue weighted by molar-refractivity contribution is -0.126. The van der Waals surface area contributed by atoms with Gasteiger partial charge >= 0.3 is 0 Å². The first-order valence-corrected chi connectivity index (χ1v) is 11.5. The van der Waals surface area contributed by atoms with Gasteiger partial charge in [0.05, 0.1) is 12.8 Å². The van der Waals surface area contributed by atoms with Gasteiger partial charge in [0.25, 0.3) is 0 Å². The largest absolute Gasteiger partial charge is 0.497 e. The number of piperazine rings is 1. The number of benzene rings is 2. The molecule has 6 rings (SSSR count). The molecule has 0 saturated carbocycles. The van der Waals surface area contributed by atoms with Gasteiger partial charge in [0, 0.05) is 32.3 Å². The molecular weight excluding hydrogens is 462 g/mol. The SMILES string of the molecule is COc1ccc(-n2nnc3c(N4CCN(C(=O)C=Cc5ccc6c(c5)OCO6)CC4)ncnc32)cc1. The fourth-order valence-corrected chi connectivity index (χ4v) is 4.29. The second-order valence-electron chi connectivity index (χ2n) is 8.33. The van der Waals surface area contributed by atoms with Crippen LogP contribution >= 0.6 is 0 Å². The predicted octanol–water partition coefficient (Wildman–Crippen LogP) is 2.31. The van der Waals surface area contributed by atoms with Crippen LogP contribution in [0.4, 0.5) is 5.82 Å². The number of hydrogen-bond acceptors (Lipinski definition) is 9. The molecule has 2 aromatic heterocycles. The number of rotatable bonds is 5. The summed E-state index contributed by atoms with van der Waals surface area (Å²) in [5.74, 6) is 2.85. The molecule has 2 aliphatic rings. The minimum absolute atomic E-state index is 0.0365. The third-order valence-corrected chi connectivity index (χ3v) is 6.24. The van der Waals surface area contributed by atoms with Crippen molar-refractivity contribution in [3.05, 3.63) is 60.4 Å². The topological polar surface area (TPSA) is 108 Å². The molecule has 4 heterocycles. The van der Waals surface area contributed by atoms with Crippen LogP contribution in [0.2, 0.25) is 0 Å². The number of amides is 1. The lowest BCUT2D eigenvalue weighted by Crippen LogP contribution is -2.48. The zero-order valence-electron chi connectivity index (χ0n) is 19.6. The first-order chi connectivity index (χ1) is 17.7. The van der Waals surface area contributed by atoms with Gasteiger partial charge in [-0.05, 0) is 48.0 Å². The maximum absolute atomic E-state index is 12.8. The van der Waals surface area contributed by atoms with Crippen molar-refractivity contribution in [3.63, 3.8) is 0 Å². The Hall–Kier alpha value is -4.67. The third-order valence-electron chi connectivity index (χ3n) is 6.24. The molecule has 1 amide bonds. The number of ether oxygens (including phenoxy) is 3. The number of methoxy groups -OCH3 is 1. The average Bonchev–Trinajstić information content (AvgIpc) is 3.59. The Kier molecular flexibility index (Phi) is 5.56. The van der Waals surface area contributed by atoms with Gasteiger partial charge in [0.2, 0.25) is 12.7 Å². The summed E-state index contributed by atoms with van der Waals surface area (Å²) in [5, 5.41) is 8.66. The number of aromatic nitrogens is 5. The van der Waals surface area contributed by atoms with Crippen molar-refractivity contribution in [2.75, 3.05) is 45.0 Å². The van der Waals surface area contributed by atoms with Crippen LogP contribution < -0.4 is 19.1 Å². The normalized spacial score (nSPS) is 15.1. The smallest absolute Gasteiger partial charge is 0.246 e. The van der Waals surface area contributed by atoms with Crippen molar-refractivity contribution in [3.8, 4) is 22.9 Å². The van der Waals surface area contributed by atoms with Crippen molar-refractivity contribution >= 4 is 29.0 Å². The van der Waals surface area contributed by atoms with E-state index in [1.54, 1.807) is 23.9 Å². The highest BCUT2D eigenvalue weighted by molar-refractivity contribution is 5.92. The minimum atomic E-state index is -0.0365. The Labute approximate surface area is 206 Å². The first kappa shape index (κ1) is 21.8. The van der Waals surface area contributed by atoms with Crippen molar-refractivity contribution in [2.45, 2.75) is 0 Å². The Balaban J connectivity index is 1.14. The summed E-state index contributed by atoms with van der Waals surface area (Å²) in [4.78, 5) is 25.6. The Morgan fingerprint density at radius 3 is 2.61 bits per heavy atom. The molecule has 0 radical (unpaired) electrons. The molecule has 4 aromatic rings. The van der Waals surface area contributed by atoms with Crippen molar-refractivity contribution < 1.29 is 19.0 Å². The number of carbonyl (C=O) groups excluding carboxylic acids is 1. The van der Waals surface area contributed by atoms with Crippen LogP contribution in [0.5, 0.6) is 17.2 Å². The maximum atomic E-state index is 12.8. The molecule has 0 spiro atoms. The molecule has 36 heavy (non-hydrogen) atoms. The summed E-state index contributed by atoms with van der Waals surface area (Å²) in [5.41, 5.74) is 2.95.